The van der Waals surface area contributed by atoms with E-state index >= 15 is 0 Å². The molecule has 18 heavy (non-hydrogen) atoms. The molecule has 1 aromatic carbocycles. The molecule has 0 aromatic heterocycles. The minimum atomic E-state index is -1.57. The van der Waals surface area contributed by atoms with Crippen molar-refractivity contribution in [1.82, 2.24) is 0 Å². The summed E-state index contributed by atoms with van der Waals surface area (Å²) in [6.07, 6.45) is 5.90. The Hall–Kier alpha value is -1.78. The summed E-state index contributed by atoms with van der Waals surface area (Å²) in [6, 6.07) is 1.80. The second-order valence-electron chi connectivity index (χ2n) is 4.19. The molecular formula is C13H12F3NO. The Bertz CT molecular complexity index is 499. The van der Waals surface area contributed by atoms with E-state index in [0.717, 1.165) is 18.6 Å². The van der Waals surface area contributed by atoms with Crippen LogP contribution in [0.1, 0.15) is 19.3 Å². The van der Waals surface area contributed by atoms with E-state index in [9.17, 15) is 18.0 Å². The lowest BCUT2D eigenvalue weighted by atomic mass is 9.93. The molecule has 0 fully saturated rings. The van der Waals surface area contributed by atoms with Crippen LogP contribution in [0, 0.1) is 23.4 Å². The first-order chi connectivity index (χ1) is 8.59. The van der Waals surface area contributed by atoms with Crippen LogP contribution in [0.4, 0.5) is 18.9 Å². The molecule has 0 unspecified atom stereocenters. The highest BCUT2D eigenvalue weighted by atomic mass is 19.2. The monoisotopic (exact) mass is 255 g/mol. The summed E-state index contributed by atoms with van der Waals surface area (Å²) in [6.45, 7) is 0. The second-order valence-corrected chi connectivity index (χ2v) is 4.19. The minimum Gasteiger partial charge on any atom is -0.323 e. The highest BCUT2D eigenvalue weighted by Gasteiger charge is 2.21. The molecule has 0 heterocycles. The molecule has 0 aliphatic heterocycles. The first-order valence-electron chi connectivity index (χ1n) is 5.69. The third-order valence-corrected chi connectivity index (χ3v) is 2.93. The normalized spacial score (nSPS) is 18.7. The Kier molecular flexibility index (Phi) is 3.69. The van der Waals surface area contributed by atoms with E-state index in [0.29, 0.717) is 12.8 Å². The number of allylic oxidation sites excluding steroid dienone is 2. The lowest BCUT2D eigenvalue weighted by molar-refractivity contribution is -0.120. The van der Waals surface area contributed by atoms with Crippen molar-refractivity contribution in [1.29, 1.82) is 0 Å². The molecule has 0 spiro atoms. The number of carbonyl (C=O) groups is 1. The minimum absolute atomic E-state index is 0.248. The maximum absolute atomic E-state index is 13.3. The van der Waals surface area contributed by atoms with Crippen molar-refractivity contribution in [2.45, 2.75) is 19.3 Å². The van der Waals surface area contributed by atoms with Crippen molar-refractivity contribution >= 4 is 11.6 Å². The van der Waals surface area contributed by atoms with Crippen LogP contribution in [-0.4, -0.2) is 5.91 Å². The van der Waals surface area contributed by atoms with Crippen LogP contribution >= 0.6 is 0 Å². The van der Waals surface area contributed by atoms with E-state index < -0.39 is 17.5 Å². The largest absolute Gasteiger partial charge is 0.323 e. The summed E-state index contributed by atoms with van der Waals surface area (Å²) >= 11 is 0. The number of nitrogens with one attached hydrogen (secondary N) is 1. The third-order valence-electron chi connectivity index (χ3n) is 2.93. The van der Waals surface area contributed by atoms with E-state index in [-0.39, 0.29) is 17.5 Å². The molecule has 1 N–H and O–H groups in total. The van der Waals surface area contributed by atoms with Gasteiger partial charge in [0.25, 0.3) is 0 Å². The first-order valence-corrected chi connectivity index (χ1v) is 5.69. The molecule has 2 rings (SSSR count). The number of amides is 1. The van der Waals surface area contributed by atoms with Gasteiger partial charge in [-0.3, -0.25) is 4.79 Å². The number of carbonyl (C=O) groups excluding carboxylic acids is 1. The number of halogens is 3. The molecule has 1 aromatic rings. The predicted molar refractivity (Wildman–Crippen MR) is 61.4 cm³/mol. The molecule has 5 heteroatoms. The predicted octanol–water partition coefficient (Wildman–Crippen LogP) is 3.40. The smallest absolute Gasteiger partial charge is 0.227 e. The zero-order valence-corrected chi connectivity index (χ0v) is 9.55. The van der Waals surface area contributed by atoms with Gasteiger partial charge in [0.1, 0.15) is 0 Å². The Morgan fingerprint density at radius 1 is 1.17 bits per heavy atom. The SMILES string of the molecule is O=C(Nc1ccc(F)c(F)c1F)[C@@H]1CC=CCC1. The fraction of sp³-hybridized carbons (Fsp3) is 0.308. The zero-order chi connectivity index (χ0) is 13.1. The van der Waals surface area contributed by atoms with Crippen molar-refractivity contribution in [3.63, 3.8) is 0 Å². The molecule has 1 aliphatic carbocycles. The van der Waals surface area contributed by atoms with Crippen LogP contribution in [0.15, 0.2) is 24.3 Å². The molecule has 1 aliphatic rings. The summed E-state index contributed by atoms with van der Waals surface area (Å²) < 4.78 is 39.0. The number of benzene rings is 1. The van der Waals surface area contributed by atoms with Crippen LogP contribution in [0.5, 0.6) is 0 Å². The fourth-order valence-corrected chi connectivity index (χ4v) is 1.89. The summed E-state index contributed by atoms with van der Waals surface area (Å²) in [5.41, 5.74) is -0.326. The van der Waals surface area contributed by atoms with Crippen LogP contribution in [0.25, 0.3) is 0 Å². The molecule has 96 valence electrons. The molecule has 1 atom stereocenters. The average Bonchev–Trinajstić information content (AvgIpc) is 2.40. The lowest BCUT2D eigenvalue weighted by Crippen LogP contribution is -2.24. The van der Waals surface area contributed by atoms with Crippen molar-refractivity contribution in [3.8, 4) is 0 Å². The lowest BCUT2D eigenvalue weighted by Gasteiger charge is -2.17. The quantitative estimate of drug-likeness (QED) is 0.637. The Morgan fingerprint density at radius 2 is 1.94 bits per heavy atom. The summed E-state index contributed by atoms with van der Waals surface area (Å²) in [7, 11) is 0. The van der Waals surface area contributed by atoms with Gasteiger partial charge in [-0.15, -0.1) is 0 Å². The summed E-state index contributed by atoms with van der Waals surface area (Å²) in [5, 5.41) is 2.29. The van der Waals surface area contributed by atoms with Crippen LogP contribution in [0.2, 0.25) is 0 Å². The van der Waals surface area contributed by atoms with Gasteiger partial charge in [-0.05, 0) is 31.4 Å². The highest BCUT2D eigenvalue weighted by molar-refractivity contribution is 5.92. The van der Waals surface area contributed by atoms with Gasteiger partial charge >= 0.3 is 0 Å². The van der Waals surface area contributed by atoms with E-state index in [1.165, 1.54) is 0 Å². The maximum Gasteiger partial charge on any atom is 0.227 e. The number of hydrogen-bond donors (Lipinski definition) is 1. The summed E-state index contributed by atoms with van der Waals surface area (Å²) in [5.74, 6) is -4.83. The zero-order valence-electron chi connectivity index (χ0n) is 9.55. The first kappa shape index (κ1) is 12.7. The fourth-order valence-electron chi connectivity index (χ4n) is 1.89. The van der Waals surface area contributed by atoms with Gasteiger partial charge in [0.2, 0.25) is 5.91 Å². The van der Waals surface area contributed by atoms with Gasteiger partial charge in [-0.2, -0.15) is 0 Å². The second kappa shape index (κ2) is 5.25. The molecule has 0 bridgehead atoms. The molecule has 0 saturated carbocycles. The van der Waals surface area contributed by atoms with Gasteiger partial charge in [0.05, 0.1) is 5.69 Å². The average molecular weight is 255 g/mol. The van der Waals surface area contributed by atoms with Gasteiger partial charge < -0.3 is 5.32 Å². The Labute approximate surface area is 102 Å². The van der Waals surface area contributed by atoms with Gasteiger partial charge in [-0.25, -0.2) is 13.2 Å². The third kappa shape index (κ3) is 2.55. The van der Waals surface area contributed by atoms with Crippen molar-refractivity contribution in [2.24, 2.45) is 5.92 Å². The van der Waals surface area contributed by atoms with E-state index in [2.05, 4.69) is 5.32 Å². The van der Waals surface area contributed by atoms with Gasteiger partial charge in [-0.1, -0.05) is 12.2 Å². The molecule has 1 amide bonds. The van der Waals surface area contributed by atoms with Crippen LogP contribution < -0.4 is 5.32 Å². The molecule has 0 radical (unpaired) electrons. The Balaban J connectivity index is 2.12. The molecule has 2 nitrogen and oxygen atoms in total. The van der Waals surface area contributed by atoms with Crippen molar-refractivity contribution in [3.05, 3.63) is 41.7 Å². The molecule has 0 saturated heterocycles. The van der Waals surface area contributed by atoms with Gasteiger partial charge in [0, 0.05) is 5.92 Å². The van der Waals surface area contributed by atoms with Crippen LogP contribution in [0.3, 0.4) is 0 Å². The Morgan fingerprint density at radius 3 is 2.61 bits per heavy atom. The van der Waals surface area contributed by atoms with E-state index in [1.807, 2.05) is 12.2 Å². The van der Waals surface area contributed by atoms with Crippen LogP contribution in [-0.2, 0) is 4.79 Å². The number of anilines is 1. The molecular weight excluding hydrogens is 243 g/mol. The number of rotatable bonds is 2. The number of hydrogen-bond acceptors (Lipinski definition) is 1. The summed E-state index contributed by atoms with van der Waals surface area (Å²) in [4.78, 5) is 11.8. The maximum atomic E-state index is 13.3. The standard InChI is InChI=1S/C13H12F3NO/c14-9-6-7-10(12(16)11(9)15)17-13(18)8-4-2-1-3-5-8/h1-2,6-8H,3-5H2,(H,17,18)/t8-/m1/s1. The van der Waals surface area contributed by atoms with E-state index in [4.69, 9.17) is 0 Å². The van der Waals surface area contributed by atoms with Crippen molar-refractivity contribution < 1.29 is 18.0 Å². The topological polar surface area (TPSA) is 29.1 Å². The van der Waals surface area contributed by atoms with Gasteiger partial charge in [0.15, 0.2) is 17.5 Å². The van der Waals surface area contributed by atoms with E-state index in [1.54, 1.807) is 0 Å². The highest BCUT2D eigenvalue weighted by Crippen LogP contribution is 2.23. The van der Waals surface area contributed by atoms with Crippen molar-refractivity contribution in [2.75, 3.05) is 5.32 Å².